The Labute approximate surface area is 139 Å². The first-order chi connectivity index (χ1) is 11.7. The van der Waals surface area contributed by atoms with Crippen LogP contribution in [0.25, 0.3) is 0 Å². The predicted octanol–water partition coefficient (Wildman–Crippen LogP) is 2.48. The van der Waals surface area contributed by atoms with Gasteiger partial charge >= 0.3 is 0 Å². The molecule has 2 atom stereocenters. The summed E-state index contributed by atoms with van der Waals surface area (Å²) in [6, 6.07) is 15.8. The highest BCUT2D eigenvalue weighted by Crippen LogP contribution is 2.17. The Morgan fingerprint density at radius 1 is 1.04 bits per heavy atom. The zero-order chi connectivity index (χ0) is 16.8. The van der Waals surface area contributed by atoms with Gasteiger partial charge in [0.25, 0.3) is 0 Å². The van der Waals surface area contributed by atoms with Crippen molar-refractivity contribution >= 4 is 0 Å². The Morgan fingerprint density at radius 3 is 2.46 bits per heavy atom. The first-order valence-electron chi connectivity index (χ1n) is 7.76. The van der Waals surface area contributed by atoms with Gasteiger partial charge in [0, 0.05) is 6.54 Å². The molecule has 0 aliphatic heterocycles. The van der Waals surface area contributed by atoms with Crippen LogP contribution in [-0.4, -0.2) is 26.4 Å². The summed E-state index contributed by atoms with van der Waals surface area (Å²) < 4.78 is 14.7. The second kappa shape index (κ2) is 7.81. The van der Waals surface area contributed by atoms with Crippen LogP contribution in [0.5, 0.6) is 0 Å². The molecule has 124 valence electrons. The average Bonchev–Trinajstić information content (AvgIpc) is 3.13. The molecule has 2 unspecified atom stereocenters. The minimum atomic E-state index is -0.715. The van der Waals surface area contributed by atoms with Crippen LogP contribution in [0, 0.1) is 5.82 Å². The summed E-state index contributed by atoms with van der Waals surface area (Å²) in [6.45, 7) is 0.944. The molecule has 0 radical (unpaired) electrons. The van der Waals surface area contributed by atoms with Crippen molar-refractivity contribution in [2.24, 2.45) is 0 Å². The number of rotatable bonds is 7. The highest BCUT2D eigenvalue weighted by molar-refractivity contribution is 5.20. The molecule has 0 aliphatic carbocycles. The number of nitrogens with zero attached hydrogens (tertiary/aromatic N) is 3. The van der Waals surface area contributed by atoms with E-state index >= 15 is 0 Å². The number of aliphatic hydroxyl groups excluding tert-OH is 1. The largest absolute Gasteiger partial charge is 0.387 e. The molecule has 1 aromatic heterocycles. The van der Waals surface area contributed by atoms with Crippen LogP contribution < -0.4 is 5.32 Å². The molecule has 0 bridgehead atoms. The van der Waals surface area contributed by atoms with Crippen molar-refractivity contribution in [3.63, 3.8) is 0 Å². The zero-order valence-corrected chi connectivity index (χ0v) is 13.1. The van der Waals surface area contributed by atoms with Crippen LogP contribution in [-0.2, 0) is 6.54 Å². The Morgan fingerprint density at radius 2 is 1.79 bits per heavy atom. The van der Waals surface area contributed by atoms with Gasteiger partial charge in [0.15, 0.2) is 0 Å². The molecule has 3 aromatic rings. The third kappa shape index (κ3) is 4.24. The fourth-order valence-electron chi connectivity index (χ4n) is 2.54. The van der Waals surface area contributed by atoms with Crippen molar-refractivity contribution in [2.75, 3.05) is 6.54 Å². The fourth-order valence-corrected chi connectivity index (χ4v) is 2.54. The molecule has 2 N–H and O–H groups in total. The SMILES string of the molecule is OC(CNC(Cn1cncn1)c1ccccc1)c1ccc(F)cc1. The van der Waals surface area contributed by atoms with Gasteiger partial charge in [-0.2, -0.15) is 5.10 Å². The topological polar surface area (TPSA) is 63.0 Å². The first kappa shape index (κ1) is 16.3. The van der Waals surface area contributed by atoms with Crippen LogP contribution >= 0.6 is 0 Å². The second-order valence-electron chi connectivity index (χ2n) is 5.56. The molecule has 0 saturated carbocycles. The number of aromatic nitrogens is 3. The molecular formula is C18H19FN4O. The van der Waals surface area contributed by atoms with Crippen LogP contribution in [0.4, 0.5) is 4.39 Å². The summed E-state index contributed by atoms with van der Waals surface area (Å²) in [7, 11) is 0. The third-order valence-electron chi connectivity index (χ3n) is 3.85. The quantitative estimate of drug-likeness (QED) is 0.700. The van der Waals surface area contributed by atoms with E-state index in [1.165, 1.54) is 18.5 Å². The molecular weight excluding hydrogens is 307 g/mol. The molecule has 5 nitrogen and oxygen atoms in total. The fraction of sp³-hybridized carbons (Fsp3) is 0.222. The molecule has 6 heteroatoms. The normalized spacial score (nSPS) is 13.6. The lowest BCUT2D eigenvalue weighted by molar-refractivity contribution is 0.167. The number of aliphatic hydroxyl groups is 1. The standard InChI is InChI=1S/C18H19FN4O/c19-16-8-6-15(7-9-16)18(24)10-21-17(11-23-13-20-12-22-23)14-4-2-1-3-5-14/h1-9,12-13,17-18,21,24H,10-11H2. The van der Waals surface area contributed by atoms with Gasteiger partial charge in [-0.25, -0.2) is 9.37 Å². The lowest BCUT2D eigenvalue weighted by Crippen LogP contribution is -2.29. The molecule has 0 amide bonds. The smallest absolute Gasteiger partial charge is 0.137 e. The third-order valence-corrected chi connectivity index (χ3v) is 3.85. The van der Waals surface area contributed by atoms with Gasteiger partial charge < -0.3 is 10.4 Å². The highest BCUT2D eigenvalue weighted by Gasteiger charge is 2.15. The van der Waals surface area contributed by atoms with Gasteiger partial charge in [-0.15, -0.1) is 0 Å². The summed E-state index contributed by atoms with van der Waals surface area (Å²) >= 11 is 0. The van der Waals surface area contributed by atoms with E-state index in [-0.39, 0.29) is 11.9 Å². The maximum Gasteiger partial charge on any atom is 0.137 e. The van der Waals surface area contributed by atoms with Crippen LogP contribution in [0.1, 0.15) is 23.3 Å². The average molecular weight is 326 g/mol. The van der Waals surface area contributed by atoms with Gasteiger partial charge in [0.1, 0.15) is 18.5 Å². The Kier molecular flexibility index (Phi) is 5.30. The van der Waals surface area contributed by atoms with Crippen molar-refractivity contribution in [3.05, 3.63) is 84.2 Å². The molecule has 0 saturated heterocycles. The van der Waals surface area contributed by atoms with E-state index in [2.05, 4.69) is 15.4 Å². The van der Waals surface area contributed by atoms with Crippen molar-refractivity contribution in [3.8, 4) is 0 Å². The monoisotopic (exact) mass is 326 g/mol. The Balaban J connectivity index is 1.68. The maximum absolute atomic E-state index is 13.0. The summed E-state index contributed by atoms with van der Waals surface area (Å²) in [5.41, 5.74) is 1.77. The second-order valence-corrected chi connectivity index (χ2v) is 5.56. The lowest BCUT2D eigenvalue weighted by atomic mass is 10.1. The van der Waals surface area contributed by atoms with E-state index in [0.29, 0.717) is 18.7 Å². The van der Waals surface area contributed by atoms with E-state index in [1.807, 2.05) is 30.3 Å². The number of benzene rings is 2. The van der Waals surface area contributed by atoms with Crippen molar-refractivity contribution in [1.29, 1.82) is 0 Å². The van der Waals surface area contributed by atoms with E-state index in [4.69, 9.17) is 0 Å². The van der Waals surface area contributed by atoms with Crippen molar-refractivity contribution < 1.29 is 9.50 Å². The minimum absolute atomic E-state index is 0.0250. The van der Waals surface area contributed by atoms with Gasteiger partial charge in [-0.3, -0.25) is 4.68 Å². The molecule has 0 spiro atoms. The minimum Gasteiger partial charge on any atom is -0.387 e. The number of hydrogen-bond acceptors (Lipinski definition) is 4. The lowest BCUT2D eigenvalue weighted by Gasteiger charge is -2.21. The summed E-state index contributed by atoms with van der Waals surface area (Å²) in [4.78, 5) is 3.96. The van der Waals surface area contributed by atoms with Crippen LogP contribution in [0.2, 0.25) is 0 Å². The zero-order valence-electron chi connectivity index (χ0n) is 13.1. The molecule has 2 aromatic carbocycles. The van der Waals surface area contributed by atoms with Gasteiger partial charge in [0.2, 0.25) is 0 Å². The summed E-state index contributed by atoms with van der Waals surface area (Å²) in [6.07, 6.45) is 2.44. The van der Waals surface area contributed by atoms with Crippen molar-refractivity contribution in [1.82, 2.24) is 20.1 Å². The van der Waals surface area contributed by atoms with Crippen LogP contribution in [0.3, 0.4) is 0 Å². The van der Waals surface area contributed by atoms with E-state index < -0.39 is 6.10 Å². The first-order valence-corrected chi connectivity index (χ1v) is 7.76. The molecule has 0 fully saturated rings. The van der Waals surface area contributed by atoms with Gasteiger partial charge in [-0.05, 0) is 23.3 Å². The number of halogens is 1. The summed E-state index contributed by atoms with van der Waals surface area (Å²) in [5, 5.41) is 17.8. The summed E-state index contributed by atoms with van der Waals surface area (Å²) in [5.74, 6) is -0.313. The van der Waals surface area contributed by atoms with Gasteiger partial charge in [0.05, 0.1) is 18.7 Å². The van der Waals surface area contributed by atoms with E-state index in [1.54, 1.807) is 23.1 Å². The highest BCUT2D eigenvalue weighted by atomic mass is 19.1. The van der Waals surface area contributed by atoms with Crippen LogP contribution in [0.15, 0.2) is 67.3 Å². The molecule has 1 heterocycles. The molecule has 0 aliphatic rings. The van der Waals surface area contributed by atoms with Gasteiger partial charge in [-0.1, -0.05) is 42.5 Å². The van der Waals surface area contributed by atoms with E-state index in [9.17, 15) is 9.50 Å². The Hall–Kier alpha value is -2.57. The van der Waals surface area contributed by atoms with E-state index in [0.717, 1.165) is 5.56 Å². The van der Waals surface area contributed by atoms with Crippen molar-refractivity contribution in [2.45, 2.75) is 18.7 Å². The molecule has 24 heavy (non-hydrogen) atoms. The number of nitrogens with one attached hydrogen (secondary N) is 1. The number of hydrogen-bond donors (Lipinski definition) is 2. The predicted molar refractivity (Wildman–Crippen MR) is 88.6 cm³/mol. The Bertz CT molecular complexity index is 731. The maximum atomic E-state index is 13.0. The molecule has 3 rings (SSSR count).